The van der Waals surface area contributed by atoms with E-state index in [2.05, 4.69) is 0 Å². The zero-order valence-electron chi connectivity index (χ0n) is 12.7. The molecule has 0 bridgehead atoms. The Morgan fingerprint density at radius 3 is 1.88 bits per heavy atom. The third-order valence-corrected chi connectivity index (χ3v) is 3.18. The standard InChI is InChI=1S/C8H8F3NO.C7H5ClF3N/c1-13-7-3-2-5(4-6(7)12)8(9,10)11;8-6-2-1-4(12)3-5(6)7(9,10)11/h2-4H,12H2,1H3;1-3H,12H2. The Labute approximate surface area is 144 Å². The number of ether oxygens (including phenoxy) is 1. The van der Waals surface area contributed by atoms with Gasteiger partial charge in [-0.2, -0.15) is 26.3 Å². The minimum Gasteiger partial charge on any atom is -0.495 e. The molecule has 0 radical (unpaired) electrons. The van der Waals surface area contributed by atoms with Crippen molar-refractivity contribution < 1.29 is 31.1 Å². The molecule has 25 heavy (non-hydrogen) atoms. The number of hydrogen-bond acceptors (Lipinski definition) is 3. The van der Waals surface area contributed by atoms with Gasteiger partial charge in [-0.1, -0.05) is 11.6 Å². The maximum atomic E-state index is 12.1. The summed E-state index contributed by atoms with van der Waals surface area (Å²) in [5.74, 6) is 0.244. The summed E-state index contributed by atoms with van der Waals surface area (Å²) < 4.78 is 77.3. The largest absolute Gasteiger partial charge is 0.495 e. The monoisotopic (exact) mass is 386 g/mol. The summed E-state index contributed by atoms with van der Waals surface area (Å²) in [7, 11) is 1.35. The lowest BCUT2D eigenvalue weighted by Crippen LogP contribution is -2.06. The van der Waals surface area contributed by atoms with Gasteiger partial charge in [0.15, 0.2) is 0 Å². The van der Waals surface area contributed by atoms with Crippen LogP contribution in [-0.4, -0.2) is 7.11 Å². The van der Waals surface area contributed by atoms with Gasteiger partial charge in [0.1, 0.15) is 5.75 Å². The summed E-state index contributed by atoms with van der Waals surface area (Å²) in [5.41, 5.74) is 8.83. The first-order valence-electron chi connectivity index (χ1n) is 6.49. The summed E-state index contributed by atoms with van der Waals surface area (Å²) >= 11 is 5.31. The van der Waals surface area contributed by atoms with Crippen LogP contribution in [0, 0.1) is 0 Å². The van der Waals surface area contributed by atoms with Gasteiger partial charge in [-0.15, -0.1) is 0 Å². The van der Waals surface area contributed by atoms with E-state index in [1.165, 1.54) is 19.2 Å². The first-order valence-corrected chi connectivity index (χ1v) is 6.87. The minimum absolute atomic E-state index is 0.0164. The molecule has 0 aliphatic heterocycles. The smallest absolute Gasteiger partial charge is 0.417 e. The third-order valence-electron chi connectivity index (χ3n) is 2.85. The summed E-state index contributed by atoms with van der Waals surface area (Å²) in [6.07, 6.45) is -8.80. The molecule has 0 aliphatic carbocycles. The highest BCUT2D eigenvalue weighted by Gasteiger charge is 2.33. The molecule has 2 rings (SSSR count). The van der Waals surface area contributed by atoms with E-state index < -0.39 is 23.5 Å². The van der Waals surface area contributed by atoms with Gasteiger partial charge in [-0.3, -0.25) is 0 Å². The van der Waals surface area contributed by atoms with Gasteiger partial charge in [0.2, 0.25) is 0 Å². The van der Waals surface area contributed by atoms with Crippen molar-refractivity contribution in [2.75, 3.05) is 18.6 Å². The number of rotatable bonds is 1. The van der Waals surface area contributed by atoms with Crippen molar-refractivity contribution in [3.8, 4) is 5.75 Å². The van der Waals surface area contributed by atoms with Crippen LogP contribution >= 0.6 is 11.6 Å². The second kappa shape index (κ2) is 7.73. The summed E-state index contributed by atoms with van der Waals surface area (Å²) in [6, 6.07) is 6.21. The van der Waals surface area contributed by atoms with Crippen molar-refractivity contribution in [2.24, 2.45) is 0 Å². The van der Waals surface area contributed by atoms with Gasteiger partial charge in [0.25, 0.3) is 0 Å². The molecule has 2 aromatic rings. The van der Waals surface area contributed by atoms with E-state index in [0.717, 1.165) is 24.3 Å². The van der Waals surface area contributed by atoms with Crippen molar-refractivity contribution in [3.63, 3.8) is 0 Å². The highest BCUT2D eigenvalue weighted by atomic mass is 35.5. The van der Waals surface area contributed by atoms with E-state index in [9.17, 15) is 26.3 Å². The zero-order chi connectivity index (χ0) is 19.4. The first kappa shape index (κ1) is 20.8. The highest BCUT2D eigenvalue weighted by Crippen LogP contribution is 2.35. The molecule has 0 amide bonds. The van der Waals surface area contributed by atoms with Crippen molar-refractivity contribution in [3.05, 3.63) is 52.5 Å². The van der Waals surface area contributed by atoms with Crippen LogP contribution in [0.5, 0.6) is 5.75 Å². The van der Waals surface area contributed by atoms with E-state index in [1.807, 2.05) is 0 Å². The molecule has 0 saturated carbocycles. The Kier molecular flexibility index (Phi) is 6.42. The Morgan fingerprint density at radius 2 is 1.48 bits per heavy atom. The van der Waals surface area contributed by atoms with Gasteiger partial charge in [0.05, 0.1) is 28.9 Å². The lowest BCUT2D eigenvalue weighted by molar-refractivity contribution is -0.138. The minimum atomic E-state index is -4.44. The molecule has 0 heterocycles. The second-order valence-corrected chi connectivity index (χ2v) is 5.10. The molecule has 138 valence electrons. The summed E-state index contributed by atoms with van der Waals surface area (Å²) in [5, 5.41) is -0.336. The van der Waals surface area contributed by atoms with Crippen LogP contribution in [0.4, 0.5) is 37.7 Å². The first-order chi connectivity index (χ1) is 11.4. The van der Waals surface area contributed by atoms with Gasteiger partial charge in [-0.05, 0) is 36.4 Å². The Hall–Kier alpha value is -2.29. The van der Waals surface area contributed by atoms with E-state index in [0.29, 0.717) is 0 Å². The van der Waals surface area contributed by atoms with E-state index in [-0.39, 0.29) is 22.1 Å². The van der Waals surface area contributed by atoms with Crippen LogP contribution in [0.2, 0.25) is 5.02 Å². The van der Waals surface area contributed by atoms with Crippen molar-refractivity contribution in [2.45, 2.75) is 12.4 Å². The number of nitrogen functional groups attached to an aromatic ring is 2. The number of methoxy groups -OCH3 is 1. The van der Waals surface area contributed by atoms with Crippen LogP contribution in [0.15, 0.2) is 36.4 Å². The lowest BCUT2D eigenvalue weighted by Gasteiger charge is -2.09. The zero-order valence-corrected chi connectivity index (χ0v) is 13.4. The molecule has 10 heteroatoms. The van der Waals surface area contributed by atoms with Crippen LogP contribution in [0.25, 0.3) is 0 Å². The van der Waals surface area contributed by atoms with E-state index in [1.54, 1.807) is 0 Å². The molecule has 0 aliphatic rings. The van der Waals surface area contributed by atoms with E-state index in [4.69, 9.17) is 27.8 Å². The Morgan fingerprint density at radius 1 is 0.880 bits per heavy atom. The highest BCUT2D eigenvalue weighted by molar-refractivity contribution is 6.31. The van der Waals surface area contributed by atoms with Crippen LogP contribution < -0.4 is 16.2 Å². The number of hydrogen-bond donors (Lipinski definition) is 2. The maximum Gasteiger partial charge on any atom is 0.417 e. The molecule has 0 saturated heterocycles. The molecule has 0 fully saturated rings. The van der Waals surface area contributed by atoms with Crippen LogP contribution in [0.3, 0.4) is 0 Å². The Bertz CT molecular complexity index is 731. The molecule has 4 N–H and O–H groups in total. The van der Waals surface area contributed by atoms with Gasteiger partial charge in [0, 0.05) is 5.69 Å². The topological polar surface area (TPSA) is 61.3 Å². The molecule has 3 nitrogen and oxygen atoms in total. The SMILES string of the molecule is COc1ccc(C(F)(F)F)cc1N.Nc1ccc(Cl)c(C(F)(F)F)c1. The van der Waals surface area contributed by atoms with Crippen LogP contribution in [-0.2, 0) is 12.4 Å². The Balaban J connectivity index is 0.000000251. The molecule has 0 unspecified atom stereocenters. The fourth-order valence-corrected chi connectivity index (χ4v) is 1.90. The van der Waals surface area contributed by atoms with Crippen molar-refractivity contribution >= 4 is 23.0 Å². The van der Waals surface area contributed by atoms with Gasteiger partial charge >= 0.3 is 12.4 Å². The molecule has 2 aromatic carbocycles. The maximum absolute atomic E-state index is 12.1. The summed E-state index contributed by atoms with van der Waals surface area (Å²) in [4.78, 5) is 0. The lowest BCUT2D eigenvalue weighted by atomic mass is 10.2. The number of halogens is 7. The number of nitrogens with two attached hydrogens (primary N) is 2. The predicted octanol–water partition coefficient (Wildman–Crippen LogP) is 5.24. The fourth-order valence-electron chi connectivity index (χ4n) is 1.67. The van der Waals surface area contributed by atoms with Crippen molar-refractivity contribution in [1.82, 2.24) is 0 Å². The quantitative estimate of drug-likeness (QED) is 0.520. The van der Waals surface area contributed by atoms with E-state index >= 15 is 0 Å². The normalized spacial score (nSPS) is 11.5. The van der Waals surface area contributed by atoms with Crippen LogP contribution in [0.1, 0.15) is 11.1 Å². The average Bonchev–Trinajstić information content (AvgIpc) is 2.48. The molecular formula is C15H13ClF6N2O. The predicted molar refractivity (Wildman–Crippen MR) is 83.3 cm³/mol. The number of anilines is 2. The molecular weight excluding hydrogens is 374 g/mol. The summed E-state index contributed by atoms with van der Waals surface area (Å²) in [6.45, 7) is 0. The van der Waals surface area contributed by atoms with Gasteiger partial charge < -0.3 is 16.2 Å². The van der Waals surface area contributed by atoms with Gasteiger partial charge in [-0.25, -0.2) is 0 Å². The fraction of sp³-hybridized carbons (Fsp3) is 0.200. The third kappa shape index (κ3) is 5.93. The molecule has 0 spiro atoms. The average molecular weight is 387 g/mol. The number of benzene rings is 2. The van der Waals surface area contributed by atoms with Crippen molar-refractivity contribution in [1.29, 1.82) is 0 Å². The molecule has 0 atom stereocenters. The molecule has 0 aromatic heterocycles. The second-order valence-electron chi connectivity index (χ2n) is 4.69. The number of alkyl halides is 6.